The maximum Gasteiger partial charge on any atom is 0.337 e. The first-order valence-electron chi connectivity index (χ1n) is 6.19. The van der Waals surface area contributed by atoms with Gasteiger partial charge in [0.15, 0.2) is 0 Å². The Morgan fingerprint density at radius 1 is 1.40 bits per heavy atom. The van der Waals surface area contributed by atoms with E-state index in [0.717, 1.165) is 0 Å². The molecule has 0 fully saturated rings. The topological polar surface area (TPSA) is 92.4 Å². The third-order valence-electron chi connectivity index (χ3n) is 3.00. The van der Waals surface area contributed by atoms with Crippen molar-refractivity contribution in [2.24, 2.45) is 11.1 Å². The fourth-order valence-electron chi connectivity index (χ4n) is 1.51. The van der Waals surface area contributed by atoms with Crippen LogP contribution in [0.3, 0.4) is 0 Å². The van der Waals surface area contributed by atoms with Crippen molar-refractivity contribution in [3.05, 3.63) is 28.2 Å². The van der Waals surface area contributed by atoms with Crippen LogP contribution in [-0.2, 0) is 4.79 Å². The van der Waals surface area contributed by atoms with Gasteiger partial charge in [0.05, 0.1) is 11.3 Å². The first-order valence-corrected chi connectivity index (χ1v) is 6.99. The molecule has 1 unspecified atom stereocenters. The van der Waals surface area contributed by atoms with Crippen molar-refractivity contribution in [2.75, 3.05) is 5.32 Å². The van der Waals surface area contributed by atoms with Crippen LogP contribution in [0.1, 0.15) is 37.6 Å². The Kier molecular flexibility index (Phi) is 5.30. The number of carboxylic acid groups (broad SMARTS) is 1. The van der Waals surface area contributed by atoms with Gasteiger partial charge in [-0.25, -0.2) is 4.79 Å². The van der Waals surface area contributed by atoms with E-state index in [4.69, 9.17) is 10.8 Å². The second kappa shape index (κ2) is 6.37. The van der Waals surface area contributed by atoms with Crippen molar-refractivity contribution in [1.82, 2.24) is 0 Å². The zero-order chi connectivity index (χ0) is 15.5. The lowest BCUT2D eigenvalue weighted by Gasteiger charge is -2.26. The average molecular weight is 343 g/mol. The molecule has 0 aliphatic rings. The lowest BCUT2D eigenvalue weighted by molar-refractivity contribution is -0.117. The van der Waals surface area contributed by atoms with Crippen molar-refractivity contribution < 1.29 is 14.7 Å². The van der Waals surface area contributed by atoms with Crippen LogP contribution in [0, 0.1) is 5.41 Å². The summed E-state index contributed by atoms with van der Waals surface area (Å²) in [4.78, 5) is 23.1. The van der Waals surface area contributed by atoms with Crippen LogP contribution in [0.5, 0.6) is 0 Å². The molecule has 110 valence electrons. The van der Waals surface area contributed by atoms with Gasteiger partial charge in [0.25, 0.3) is 0 Å². The fourth-order valence-corrected chi connectivity index (χ4v) is 1.87. The summed E-state index contributed by atoms with van der Waals surface area (Å²) in [5, 5.41) is 11.7. The standard InChI is InChI=1S/C14H19BrN2O3/c1-14(2,3)11(16)7-12(18)17-10-6-8(15)4-5-9(10)13(19)20/h4-6,11H,7,16H2,1-3H3,(H,17,18)(H,19,20). The van der Waals surface area contributed by atoms with E-state index in [2.05, 4.69) is 21.2 Å². The van der Waals surface area contributed by atoms with E-state index in [-0.39, 0.29) is 35.0 Å². The molecule has 1 aromatic carbocycles. The molecule has 1 amide bonds. The second-order valence-electron chi connectivity index (χ2n) is 5.72. The molecule has 1 rings (SSSR count). The number of halogens is 1. The minimum Gasteiger partial charge on any atom is -0.478 e. The molecule has 4 N–H and O–H groups in total. The van der Waals surface area contributed by atoms with Gasteiger partial charge in [0.2, 0.25) is 5.91 Å². The number of hydrogen-bond acceptors (Lipinski definition) is 3. The fraction of sp³-hybridized carbons (Fsp3) is 0.429. The zero-order valence-corrected chi connectivity index (χ0v) is 13.3. The van der Waals surface area contributed by atoms with Gasteiger partial charge >= 0.3 is 5.97 Å². The normalized spacial score (nSPS) is 12.8. The summed E-state index contributed by atoms with van der Waals surface area (Å²) in [7, 11) is 0. The third-order valence-corrected chi connectivity index (χ3v) is 3.50. The number of carbonyl (C=O) groups excluding carboxylic acids is 1. The summed E-state index contributed by atoms with van der Waals surface area (Å²) in [5.41, 5.74) is 6.07. The van der Waals surface area contributed by atoms with Gasteiger partial charge in [-0.2, -0.15) is 0 Å². The van der Waals surface area contributed by atoms with Gasteiger partial charge < -0.3 is 16.2 Å². The quantitative estimate of drug-likeness (QED) is 0.784. The first kappa shape index (κ1) is 16.7. The van der Waals surface area contributed by atoms with Crippen LogP contribution in [-0.4, -0.2) is 23.0 Å². The van der Waals surface area contributed by atoms with Gasteiger partial charge in [0.1, 0.15) is 0 Å². The lowest BCUT2D eigenvalue weighted by Crippen LogP contribution is -2.38. The molecular weight excluding hydrogens is 324 g/mol. The van der Waals surface area contributed by atoms with Gasteiger partial charge in [-0.3, -0.25) is 4.79 Å². The molecule has 1 atom stereocenters. The number of benzene rings is 1. The van der Waals surface area contributed by atoms with E-state index in [0.29, 0.717) is 4.47 Å². The van der Waals surface area contributed by atoms with E-state index in [9.17, 15) is 9.59 Å². The Labute approximate surface area is 126 Å². The minimum absolute atomic E-state index is 0.0471. The predicted molar refractivity (Wildman–Crippen MR) is 81.8 cm³/mol. The molecule has 0 aromatic heterocycles. The molecule has 20 heavy (non-hydrogen) atoms. The number of carboxylic acids is 1. The number of hydrogen-bond donors (Lipinski definition) is 3. The molecular formula is C14H19BrN2O3. The van der Waals surface area contributed by atoms with Crippen LogP contribution in [0.4, 0.5) is 5.69 Å². The van der Waals surface area contributed by atoms with Gasteiger partial charge in [0, 0.05) is 16.9 Å². The van der Waals surface area contributed by atoms with Crippen molar-refractivity contribution in [2.45, 2.75) is 33.2 Å². The molecule has 1 aromatic rings. The van der Waals surface area contributed by atoms with Crippen LogP contribution < -0.4 is 11.1 Å². The summed E-state index contributed by atoms with van der Waals surface area (Å²) < 4.78 is 0.693. The molecule has 6 heteroatoms. The van der Waals surface area contributed by atoms with Crippen LogP contribution >= 0.6 is 15.9 Å². The predicted octanol–water partition coefficient (Wildman–Crippen LogP) is 2.85. The molecule has 0 spiro atoms. The first-order chi connectivity index (χ1) is 9.11. The minimum atomic E-state index is -1.09. The number of carbonyl (C=O) groups is 2. The van der Waals surface area contributed by atoms with Crippen LogP contribution in [0.25, 0.3) is 0 Å². The summed E-state index contributed by atoms with van der Waals surface area (Å²) in [5.74, 6) is -1.39. The summed E-state index contributed by atoms with van der Waals surface area (Å²) >= 11 is 3.25. The number of rotatable bonds is 4. The molecule has 0 saturated heterocycles. The maximum atomic E-state index is 12.0. The number of anilines is 1. The van der Waals surface area contributed by atoms with E-state index in [1.165, 1.54) is 6.07 Å². The molecule has 5 nitrogen and oxygen atoms in total. The number of aromatic carboxylic acids is 1. The molecule has 0 aliphatic heterocycles. The average Bonchev–Trinajstić information content (AvgIpc) is 2.26. The molecule has 0 aliphatic carbocycles. The Balaban J connectivity index is 2.86. The SMILES string of the molecule is CC(C)(C)C(N)CC(=O)Nc1cc(Br)ccc1C(=O)O. The molecule has 0 saturated carbocycles. The van der Waals surface area contributed by atoms with Crippen molar-refractivity contribution >= 4 is 33.5 Å². The highest BCUT2D eigenvalue weighted by Crippen LogP contribution is 2.23. The summed E-state index contributed by atoms with van der Waals surface area (Å²) in [6, 6.07) is 4.30. The number of nitrogens with two attached hydrogens (primary N) is 1. The van der Waals surface area contributed by atoms with Crippen LogP contribution in [0.2, 0.25) is 0 Å². The Bertz CT molecular complexity index is 524. The number of amides is 1. The third kappa shape index (κ3) is 4.61. The van der Waals surface area contributed by atoms with Gasteiger partial charge in [-0.15, -0.1) is 0 Å². The largest absolute Gasteiger partial charge is 0.478 e. The highest BCUT2D eigenvalue weighted by atomic mass is 79.9. The van der Waals surface area contributed by atoms with Gasteiger partial charge in [-0.1, -0.05) is 36.7 Å². The van der Waals surface area contributed by atoms with Crippen molar-refractivity contribution in [1.29, 1.82) is 0 Å². The van der Waals surface area contributed by atoms with Gasteiger partial charge in [-0.05, 0) is 23.6 Å². The monoisotopic (exact) mass is 342 g/mol. The van der Waals surface area contributed by atoms with Crippen molar-refractivity contribution in [3.8, 4) is 0 Å². The van der Waals surface area contributed by atoms with E-state index in [1.54, 1.807) is 12.1 Å². The van der Waals surface area contributed by atoms with E-state index < -0.39 is 5.97 Å². The van der Waals surface area contributed by atoms with E-state index >= 15 is 0 Å². The summed E-state index contributed by atoms with van der Waals surface area (Å²) in [6.07, 6.45) is 0.134. The summed E-state index contributed by atoms with van der Waals surface area (Å²) in [6.45, 7) is 5.85. The number of nitrogens with one attached hydrogen (secondary N) is 1. The highest BCUT2D eigenvalue weighted by Gasteiger charge is 2.23. The van der Waals surface area contributed by atoms with Crippen molar-refractivity contribution in [3.63, 3.8) is 0 Å². The lowest BCUT2D eigenvalue weighted by atomic mass is 9.85. The second-order valence-corrected chi connectivity index (χ2v) is 6.64. The maximum absolute atomic E-state index is 12.0. The molecule has 0 bridgehead atoms. The van der Waals surface area contributed by atoms with E-state index in [1.807, 2.05) is 20.8 Å². The molecule has 0 radical (unpaired) electrons. The van der Waals surface area contributed by atoms with Crippen LogP contribution in [0.15, 0.2) is 22.7 Å². The smallest absolute Gasteiger partial charge is 0.337 e. The highest BCUT2D eigenvalue weighted by molar-refractivity contribution is 9.10. The Morgan fingerprint density at radius 2 is 2.00 bits per heavy atom. The Hall–Kier alpha value is -1.40. The zero-order valence-electron chi connectivity index (χ0n) is 11.7. The Morgan fingerprint density at radius 3 is 2.50 bits per heavy atom. The molecule has 0 heterocycles.